The summed E-state index contributed by atoms with van der Waals surface area (Å²) < 4.78 is 46.7. The van der Waals surface area contributed by atoms with Gasteiger partial charge in [-0.3, -0.25) is 0 Å². The second-order valence-electron chi connectivity index (χ2n) is 6.23. The van der Waals surface area contributed by atoms with Crippen LogP contribution in [0.3, 0.4) is 0 Å². The summed E-state index contributed by atoms with van der Waals surface area (Å²) in [5.41, 5.74) is 6.81. The van der Waals surface area contributed by atoms with E-state index < -0.39 is 12.8 Å². The van der Waals surface area contributed by atoms with Gasteiger partial charge in [0.05, 0.1) is 13.7 Å². The molecule has 2 N–H and O–H groups in total. The lowest BCUT2D eigenvalue weighted by molar-refractivity contribution is -0.153. The van der Waals surface area contributed by atoms with Gasteiger partial charge in [0.1, 0.15) is 0 Å². The molecule has 1 aliphatic rings. The predicted molar refractivity (Wildman–Crippen MR) is 89.8 cm³/mol. The van der Waals surface area contributed by atoms with Gasteiger partial charge in [0.15, 0.2) is 24.1 Å². The maximum Gasteiger partial charge on any atom is 0.422 e. The van der Waals surface area contributed by atoms with E-state index in [-0.39, 0.29) is 11.5 Å². The highest BCUT2D eigenvalue weighted by atomic mass is 19.4. The van der Waals surface area contributed by atoms with Crippen molar-refractivity contribution in [3.05, 3.63) is 23.8 Å². The summed E-state index contributed by atoms with van der Waals surface area (Å²) in [6, 6.07) is 4.72. The summed E-state index contributed by atoms with van der Waals surface area (Å²) >= 11 is 0. The Morgan fingerprint density at radius 3 is 2.56 bits per heavy atom. The van der Waals surface area contributed by atoms with Crippen LogP contribution in [-0.2, 0) is 6.54 Å². The van der Waals surface area contributed by atoms with E-state index in [0.29, 0.717) is 18.4 Å². The third-order valence-corrected chi connectivity index (χ3v) is 4.15. The number of nitrogens with zero attached hydrogens (tertiary/aromatic N) is 2. The molecule has 5 nitrogen and oxygen atoms in total. The fourth-order valence-electron chi connectivity index (χ4n) is 2.60. The van der Waals surface area contributed by atoms with E-state index in [1.54, 1.807) is 12.1 Å². The molecular formula is C17H24F3N3O2. The minimum atomic E-state index is -4.39. The van der Waals surface area contributed by atoms with Crippen molar-refractivity contribution in [2.45, 2.75) is 32.5 Å². The van der Waals surface area contributed by atoms with Crippen LogP contribution in [0.5, 0.6) is 11.5 Å². The lowest BCUT2D eigenvalue weighted by Crippen LogP contribution is -2.42. The quantitative estimate of drug-likeness (QED) is 0.648. The van der Waals surface area contributed by atoms with Gasteiger partial charge in [0.2, 0.25) is 0 Å². The van der Waals surface area contributed by atoms with Crippen molar-refractivity contribution in [2.24, 2.45) is 16.6 Å². The van der Waals surface area contributed by atoms with Gasteiger partial charge in [-0.15, -0.1) is 0 Å². The Labute approximate surface area is 145 Å². The first kappa shape index (κ1) is 19.2. The largest absolute Gasteiger partial charge is 0.493 e. The number of halogens is 3. The first-order chi connectivity index (χ1) is 11.8. The fraction of sp³-hybridized carbons (Fsp3) is 0.588. The van der Waals surface area contributed by atoms with Crippen LogP contribution in [0.15, 0.2) is 23.2 Å². The Balaban J connectivity index is 1.99. The van der Waals surface area contributed by atoms with E-state index in [1.807, 2.05) is 0 Å². The standard InChI is InChI=1S/C17H24F3N3O2/c1-12-5-7-23(8-6-12)16(21)22-10-13-3-4-14(15(9-13)24-2)25-11-17(18,19)20/h3-4,9,12H,5-8,10-11H2,1-2H3,(H2,21,22). The highest BCUT2D eigenvalue weighted by Crippen LogP contribution is 2.30. The smallest absolute Gasteiger partial charge is 0.422 e. The van der Waals surface area contributed by atoms with E-state index in [2.05, 4.69) is 16.8 Å². The van der Waals surface area contributed by atoms with E-state index in [0.717, 1.165) is 31.5 Å². The number of guanidine groups is 1. The van der Waals surface area contributed by atoms with Crippen molar-refractivity contribution in [3.63, 3.8) is 0 Å². The Bertz CT molecular complexity index is 597. The zero-order valence-electron chi connectivity index (χ0n) is 14.5. The number of piperidine rings is 1. The molecule has 1 aromatic rings. The summed E-state index contributed by atoms with van der Waals surface area (Å²) in [6.07, 6.45) is -2.21. The number of rotatable bonds is 5. The number of methoxy groups -OCH3 is 1. The lowest BCUT2D eigenvalue weighted by atomic mass is 10.00. The number of hydrogen-bond donors (Lipinski definition) is 1. The number of likely N-dealkylation sites (tertiary alicyclic amines) is 1. The topological polar surface area (TPSA) is 60.1 Å². The van der Waals surface area contributed by atoms with E-state index >= 15 is 0 Å². The van der Waals surface area contributed by atoms with Gasteiger partial charge in [-0.2, -0.15) is 13.2 Å². The zero-order chi connectivity index (χ0) is 18.4. The van der Waals surface area contributed by atoms with Gasteiger partial charge in [-0.25, -0.2) is 4.99 Å². The summed E-state index contributed by atoms with van der Waals surface area (Å²) in [7, 11) is 1.38. The predicted octanol–water partition coefficient (Wildman–Crippen LogP) is 3.18. The third-order valence-electron chi connectivity index (χ3n) is 4.15. The molecular weight excluding hydrogens is 335 g/mol. The van der Waals surface area contributed by atoms with Crippen molar-refractivity contribution in [3.8, 4) is 11.5 Å². The average molecular weight is 359 g/mol. The molecule has 0 spiro atoms. The molecule has 0 bridgehead atoms. The summed E-state index contributed by atoms with van der Waals surface area (Å²) in [4.78, 5) is 6.43. The van der Waals surface area contributed by atoms with Gasteiger partial charge in [-0.05, 0) is 36.5 Å². The Morgan fingerprint density at radius 2 is 1.96 bits per heavy atom. The van der Waals surface area contributed by atoms with E-state index in [1.165, 1.54) is 13.2 Å². The second-order valence-corrected chi connectivity index (χ2v) is 6.23. The van der Waals surface area contributed by atoms with Crippen molar-refractivity contribution in [2.75, 3.05) is 26.8 Å². The van der Waals surface area contributed by atoms with Crippen LogP contribution in [-0.4, -0.2) is 43.8 Å². The lowest BCUT2D eigenvalue weighted by Gasteiger charge is -2.31. The molecule has 2 rings (SSSR count). The minimum Gasteiger partial charge on any atom is -0.493 e. The molecule has 0 aromatic heterocycles. The van der Waals surface area contributed by atoms with Gasteiger partial charge in [0.25, 0.3) is 0 Å². The Hall–Kier alpha value is -2.12. The molecule has 0 amide bonds. The van der Waals surface area contributed by atoms with Crippen molar-refractivity contribution < 1.29 is 22.6 Å². The maximum atomic E-state index is 12.3. The molecule has 0 radical (unpaired) electrons. The van der Waals surface area contributed by atoms with Gasteiger partial charge in [0, 0.05) is 13.1 Å². The zero-order valence-corrected chi connectivity index (χ0v) is 14.5. The van der Waals surface area contributed by atoms with Gasteiger partial charge in [-0.1, -0.05) is 13.0 Å². The second kappa shape index (κ2) is 8.31. The molecule has 1 aliphatic heterocycles. The van der Waals surface area contributed by atoms with Gasteiger partial charge < -0.3 is 20.1 Å². The average Bonchev–Trinajstić information content (AvgIpc) is 2.58. The molecule has 140 valence electrons. The number of aliphatic imine (C=N–C) groups is 1. The van der Waals surface area contributed by atoms with Crippen molar-refractivity contribution >= 4 is 5.96 Å². The summed E-state index contributed by atoms with van der Waals surface area (Å²) in [6.45, 7) is 2.97. The maximum absolute atomic E-state index is 12.3. The first-order valence-electron chi connectivity index (χ1n) is 8.20. The normalized spacial score (nSPS) is 16.8. The summed E-state index contributed by atoms with van der Waals surface area (Å²) in [5, 5.41) is 0. The minimum absolute atomic E-state index is 0.0468. The van der Waals surface area contributed by atoms with Crippen LogP contribution >= 0.6 is 0 Å². The molecule has 8 heteroatoms. The van der Waals surface area contributed by atoms with Crippen LogP contribution in [0.2, 0.25) is 0 Å². The van der Waals surface area contributed by atoms with Crippen LogP contribution in [0.1, 0.15) is 25.3 Å². The molecule has 0 atom stereocenters. The van der Waals surface area contributed by atoms with Gasteiger partial charge >= 0.3 is 6.18 Å². The van der Waals surface area contributed by atoms with Crippen LogP contribution < -0.4 is 15.2 Å². The molecule has 0 aliphatic carbocycles. The molecule has 1 aromatic carbocycles. The molecule has 1 saturated heterocycles. The first-order valence-corrected chi connectivity index (χ1v) is 8.20. The summed E-state index contributed by atoms with van der Waals surface area (Å²) in [5.74, 6) is 1.48. The fourth-order valence-corrected chi connectivity index (χ4v) is 2.60. The van der Waals surface area contributed by atoms with E-state index in [9.17, 15) is 13.2 Å². The highest BCUT2D eigenvalue weighted by molar-refractivity contribution is 5.78. The number of nitrogens with two attached hydrogens (primary N) is 1. The van der Waals surface area contributed by atoms with Crippen LogP contribution in [0.25, 0.3) is 0 Å². The van der Waals surface area contributed by atoms with Crippen molar-refractivity contribution in [1.82, 2.24) is 4.90 Å². The molecule has 0 saturated carbocycles. The van der Waals surface area contributed by atoms with Crippen LogP contribution in [0.4, 0.5) is 13.2 Å². The highest BCUT2D eigenvalue weighted by Gasteiger charge is 2.29. The van der Waals surface area contributed by atoms with E-state index in [4.69, 9.17) is 15.2 Å². The Kier molecular flexibility index (Phi) is 6.39. The van der Waals surface area contributed by atoms with Crippen LogP contribution in [0, 0.1) is 5.92 Å². The third kappa shape index (κ3) is 6.03. The monoisotopic (exact) mass is 359 g/mol. The number of hydrogen-bond acceptors (Lipinski definition) is 3. The molecule has 1 fully saturated rings. The number of alkyl halides is 3. The van der Waals surface area contributed by atoms with Crippen molar-refractivity contribution in [1.29, 1.82) is 0 Å². The SMILES string of the molecule is COc1cc(CN=C(N)N2CCC(C)CC2)ccc1OCC(F)(F)F. The Morgan fingerprint density at radius 1 is 1.28 bits per heavy atom. The number of ether oxygens (including phenoxy) is 2. The molecule has 1 heterocycles. The molecule has 25 heavy (non-hydrogen) atoms. The number of benzene rings is 1. The molecule has 0 unspecified atom stereocenters.